The second kappa shape index (κ2) is 8.08. The first-order valence-corrected chi connectivity index (χ1v) is 10.3. The average molecular weight is 400 g/mol. The van der Waals surface area contributed by atoms with Gasteiger partial charge in [-0.3, -0.25) is 4.98 Å². The molecule has 8 heteroatoms. The molecule has 30 heavy (non-hydrogen) atoms. The van der Waals surface area contributed by atoms with Gasteiger partial charge in [-0.05, 0) is 31.0 Å². The summed E-state index contributed by atoms with van der Waals surface area (Å²) in [4.78, 5) is 12.9. The molecule has 1 saturated carbocycles. The zero-order valence-corrected chi connectivity index (χ0v) is 16.6. The summed E-state index contributed by atoms with van der Waals surface area (Å²) in [6.45, 7) is 0. The third-order valence-electron chi connectivity index (χ3n) is 5.54. The quantitative estimate of drug-likeness (QED) is 0.469. The van der Waals surface area contributed by atoms with E-state index in [9.17, 15) is 0 Å². The lowest BCUT2D eigenvalue weighted by molar-refractivity contribution is 0.403. The zero-order chi connectivity index (χ0) is 20.3. The molecule has 1 aromatic carbocycles. The molecule has 5 rings (SSSR count). The number of nitrogens with two attached hydrogens (primary N) is 1. The molecule has 0 radical (unpaired) electrons. The lowest BCUT2D eigenvalue weighted by atomic mass is 9.91. The summed E-state index contributed by atoms with van der Waals surface area (Å²) in [6.07, 6.45) is 11.3. The molecular formula is C22H24N8. The van der Waals surface area contributed by atoms with Crippen LogP contribution in [0.5, 0.6) is 0 Å². The van der Waals surface area contributed by atoms with Crippen molar-refractivity contribution in [3.05, 3.63) is 61.2 Å². The van der Waals surface area contributed by atoms with E-state index in [-0.39, 0.29) is 12.1 Å². The molecule has 4 N–H and O–H groups in total. The van der Waals surface area contributed by atoms with Gasteiger partial charge in [0.2, 0.25) is 0 Å². The van der Waals surface area contributed by atoms with E-state index in [0.29, 0.717) is 5.82 Å². The number of pyridine rings is 1. The van der Waals surface area contributed by atoms with E-state index in [2.05, 4.69) is 31.7 Å². The van der Waals surface area contributed by atoms with Crippen molar-refractivity contribution in [3.8, 4) is 5.69 Å². The van der Waals surface area contributed by atoms with E-state index in [1.165, 1.54) is 12.8 Å². The van der Waals surface area contributed by atoms with Gasteiger partial charge < -0.3 is 16.4 Å². The lowest BCUT2D eigenvalue weighted by Gasteiger charge is -2.29. The van der Waals surface area contributed by atoms with E-state index in [4.69, 9.17) is 10.8 Å². The van der Waals surface area contributed by atoms with Gasteiger partial charge in [0.25, 0.3) is 0 Å². The van der Waals surface area contributed by atoms with E-state index in [0.717, 1.165) is 41.1 Å². The lowest BCUT2D eigenvalue weighted by Crippen LogP contribution is -2.42. The second-order valence-corrected chi connectivity index (χ2v) is 7.59. The summed E-state index contributed by atoms with van der Waals surface area (Å²) < 4.78 is 1.92. The van der Waals surface area contributed by atoms with Gasteiger partial charge in [-0.1, -0.05) is 25.0 Å². The highest BCUT2D eigenvalue weighted by atomic mass is 15.3. The third kappa shape index (κ3) is 3.69. The van der Waals surface area contributed by atoms with Gasteiger partial charge in [-0.15, -0.1) is 5.10 Å². The molecule has 1 aliphatic carbocycles. The fourth-order valence-corrected chi connectivity index (χ4v) is 4.00. The number of hydrogen-bond donors (Lipinski definition) is 3. The maximum Gasteiger partial charge on any atom is 0.162 e. The Balaban J connectivity index is 1.49. The number of anilines is 3. The molecule has 4 aromatic rings. The number of benzene rings is 1. The van der Waals surface area contributed by atoms with E-state index < -0.39 is 0 Å². The summed E-state index contributed by atoms with van der Waals surface area (Å²) in [5.41, 5.74) is 8.23. The van der Waals surface area contributed by atoms with Crippen LogP contribution in [0.2, 0.25) is 0 Å². The molecule has 2 atom stereocenters. The van der Waals surface area contributed by atoms with Crippen LogP contribution in [0.3, 0.4) is 0 Å². The van der Waals surface area contributed by atoms with Crippen molar-refractivity contribution >= 4 is 28.4 Å². The average Bonchev–Trinajstić information content (AvgIpc) is 3.15. The van der Waals surface area contributed by atoms with Crippen molar-refractivity contribution in [2.75, 3.05) is 10.6 Å². The number of fused-ring (bicyclic) bond motifs is 1. The summed E-state index contributed by atoms with van der Waals surface area (Å²) in [5, 5.41) is 12.6. The number of nitrogens with zero attached hydrogens (tertiary/aromatic N) is 5. The van der Waals surface area contributed by atoms with Gasteiger partial charge >= 0.3 is 0 Å². The first kappa shape index (κ1) is 18.5. The Morgan fingerprint density at radius 3 is 2.70 bits per heavy atom. The predicted octanol–water partition coefficient (Wildman–Crippen LogP) is 3.64. The molecule has 0 unspecified atom stereocenters. The topological polar surface area (TPSA) is 107 Å². The highest BCUT2D eigenvalue weighted by Gasteiger charge is 2.22. The number of nitrogens with one attached hydrogen (secondary N) is 2. The van der Waals surface area contributed by atoms with Gasteiger partial charge in [-0.25, -0.2) is 14.6 Å². The van der Waals surface area contributed by atoms with Gasteiger partial charge in [0.15, 0.2) is 5.82 Å². The van der Waals surface area contributed by atoms with E-state index in [1.54, 1.807) is 24.8 Å². The summed E-state index contributed by atoms with van der Waals surface area (Å²) in [5.74, 6) is 2.20. The van der Waals surface area contributed by atoms with Gasteiger partial charge in [0.05, 0.1) is 17.4 Å². The molecule has 3 aromatic heterocycles. The van der Waals surface area contributed by atoms with Crippen molar-refractivity contribution in [1.82, 2.24) is 24.7 Å². The molecular weight excluding hydrogens is 376 g/mol. The van der Waals surface area contributed by atoms with Crippen molar-refractivity contribution in [3.63, 3.8) is 0 Å². The summed E-state index contributed by atoms with van der Waals surface area (Å²) >= 11 is 0. The number of rotatable bonds is 5. The maximum absolute atomic E-state index is 6.30. The van der Waals surface area contributed by atoms with Crippen LogP contribution in [0.15, 0.2) is 61.2 Å². The van der Waals surface area contributed by atoms with Gasteiger partial charge in [0, 0.05) is 42.1 Å². The molecule has 0 saturated heterocycles. The monoisotopic (exact) mass is 400 g/mol. The molecule has 0 aliphatic heterocycles. The molecule has 0 bridgehead atoms. The number of para-hydroxylation sites is 1. The Morgan fingerprint density at radius 1 is 0.967 bits per heavy atom. The Bertz CT molecular complexity index is 1140. The molecule has 0 spiro atoms. The van der Waals surface area contributed by atoms with E-state index >= 15 is 0 Å². The smallest absolute Gasteiger partial charge is 0.162 e. The maximum atomic E-state index is 6.30. The van der Waals surface area contributed by atoms with Crippen molar-refractivity contribution in [1.29, 1.82) is 0 Å². The Hall–Kier alpha value is -3.52. The van der Waals surface area contributed by atoms with Crippen molar-refractivity contribution in [2.45, 2.75) is 37.8 Å². The normalized spacial score (nSPS) is 19.0. The minimum Gasteiger partial charge on any atom is -0.366 e. The minimum absolute atomic E-state index is 0.164. The highest BCUT2D eigenvalue weighted by Crippen LogP contribution is 2.28. The molecule has 0 amide bonds. The minimum atomic E-state index is 0.164. The molecule has 1 aliphatic rings. The Labute approximate surface area is 174 Å². The fourth-order valence-electron chi connectivity index (χ4n) is 4.00. The van der Waals surface area contributed by atoms with Crippen LogP contribution in [0, 0.1) is 0 Å². The Morgan fingerprint density at radius 2 is 1.83 bits per heavy atom. The summed E-state index contributed by atoms with van der Waals surface area (Å²) in [6, 6.07) is 12.5. The van der Waals surface area contributed by atoms with Gasteiger partial charge in [0.1, 0.15) is 11.6 Å². The molecule has 8 nitrogen and oxygen atoms in total. The van der Waals surface area contributed by atoms with Gasteiger partial charge in [-0.2, -0.15) is 0 Å². The van der Waals surface area contributed by atoms with Crippen LogP contribution in [0.25, 0.3) is 16.6 Å². The predicted molar refractivity (Wildman–Crippen MR) is 118 cm³/mol. The molecule has 152 valence electrons. The molecule has 1 fully saturated rings. The summed E-state index contributed by atoms with van der Waals surface area (Å²) in [7, 11) is 0. The third-order valence-corrected chi connectivity index (χ3v) is 5.54. The van der Waals surface area contributed by atoms with Crippen LogP contribution in [0.4, 0.5) is 17.5 Å². The van der Waals surface area contributed by atoms with Crippen LogP contribution < -0.4 is 16.4 Å². The van der Waals surface area contributed by atoms with Crippen LogP contribution >= 0.6 is 0 Å². The Kier molecular flexibility index (Phi) is 4.98. The fraction of sp³-hybridized carbons (Fsp3) is 0.273. The van der Waals surface area contributed by atoms with Crippen LogP contribution in [-0.2, 0) is 0 Å². The SMILES string of the molecule is N[C@@H]1CCCC[C@H]1Nc1cc(-n2nc(Nc3cnccn3)c3ccccc32)ccn1. The number of aromatic nitrogens is 5. The van der Waals surface area contributed by atoms with Crippen LogP contribution in [0.1, 0.15) is 25.7 Å². The largest absolute Gasteiger partial charge is 0.366 e. The van der Waals surface area contributed by atoms with Crippen molar-refractivity contribution in [2.24, 2.45) is 5.73 Å². The first-order valence-electron chi connectivity index (χ1n) is 10.3. The van der Waals surface area contributed by atoms with Crippen molar-refractivity contribution < 1.29 is 0 Å². The second-order valence-electron chi connectivity index (χ2n) is 7.59. The standard InChI is InChI=1S/C22H24N8/c23-17-6-2-3-7-18(17)27-20-13-15(9-10-25-20)30-19-8-4-1-5-16(19)22(29-30)28-21-14-24-11-12-26-21/h1,4-5,8-14,17-18H,2-3,6-7,23H2,(H,25,27)(H,26,28,29)/t17-,18-/m1/s1. The van der Waals surface area contributed by atoms with E-state index in [1.807, 2.05) is 35.0 Å². The first-order chi connectivity index (χ1) is 14.8. The van der Waals surface area contributed by atoms with Crippen LogP contribution in [-0.4, -0.2) is 36.8 Å². The highest BCUT2D eigenvalue weighted by molar-refractivity contribution is 5.92. The zero-order valence-electron chi connectivity index (χ0n) is 16.6. The molecule has 3 heterocycles. The number of hydrogen-bond acceptors (Lipinski definition) is 7.